The van der Waals surface area contributed by atoms with Gasteiger partial charge in [-0.3, -0.25) is 9.59 Å². The van der Waals surface area contributed by atoms with Crippen LogP contribution in [0.1, 0.15) is 92.7 Å². The SMILES string of the molecule is CCn1c(-c2cnc(C)nc2)nc2c(Cl)ncnc21.CCn1c(-c2cnc(C)nc2)nc2c(OC3CN(C(=O)C4CC4)CC3C(F)F)ncnc21.COC1CN(C(=O)OC(C)(C)C)CC1O[Si](C)(C)C(C)(C)C.O=C(Cl)C1CC1.OC1CN(Cl)CC1C(F)F. The van der Waals surface area contributed by atoms with Crippen molar-refractivity contribution >= 4 is 82.9 Å². The Labute approximate surface area is 531 Å². The number of carbonyl (C=O) groups excluding carboxylic acids is 3. The van der Waals surface area contributed by atoms with E-state index < -0.39 is 50.8 Å². The number of ether oxygens (including phenoxy) is 3. The van der Waals surface area contributed by atoms with Crippen molar-refractivity contribution in [2.45, 2.75) is 169 Å². The summed E-state index contributed by atoms with van der Waals surface area (Å²) in [7, 11) is -0.226. The van der Waals surface area contributed by atoms with E-state index in [0.29, 0.717) is 58.7 Å². The first-order valence-corrected chi connectivity index (χ1v) is 33.5. The molecule has 11 rings (SSSR count). The van der Waals surface area contributed by atoms with Crippen LogP contribution in [0.3, 0.4) is 0 Å². The molecule has 3 saturated heterocycles. The van der Waals surface area contributed by atoms with Crippen molar-refractivity contribution < 1.29 is 55.7 Å². The average Bonchev–Trinajstić information content (AvgIpc) is 1.77. The molecule has 31 heteroatoms. The van der Waals surface area contributed by atoms with Gasteiger partial charge in [-0.15, -0.1) is 0 Å². The largest absolute Gasteiger partial charge is 0.470 e. The van der Waals surface area contributed by atoms with Gasteiger partial charge in [0.2, 0.25) is 29.9 Å². The monoisotopic (exact) mass is 1320 g/mol. The maximum absolute atomic E-state index is 13.8. The number of aliphatic hydroxyl groups is 1. The second-order valence-corrected chi connectivity index (χ2v) is 30.8. The minimum atomic E-state index is -2.61. The third kappa shape index (κ3) is 18.4. The number of methoxy groups -OCH3 is 1. The van der Waals surface area contributed by atoms with E-state index in [1.165, 1.54) is 22.0 Å². The Kier molecular flexibility index (Phi) is 23.8. The van der Waals surface area contributed by atoms with Crippen molar-refractivity contribution in [3.05, 3.63) is 54.2 Å². The van der Waals surface area contributed by atoms with E-state index in [1.54, 1.807) is 43.7 Å². The van der Waals surface area contributed by atoms with E-state index >= 15 is 0 Å². The van der Waals surface area contributed by atoms with Crippen molar-refractivity contribution in [1.82, 2.24) is 73.2 Å². The predicted molar refractivity (Wildman–Crippen MR) is 329 cm³/mol. The molecule has 89 heavy (non-hydrogen) atoms. The maximum Gasteiger partial charge on any atom is 0.410 e. The number of carbonyl (C=O) groups is 3. The lowest BCUT2D eigenvalue weighted by atomic mass is 10.1. The summed E-state index contributed by atoms with van der Waals surface area (Å²) in [5, 5.41) is 9.25. The normalized spacial score (nSPS) is 21.2. The van der Waals surface area contributed by atoms with Crippen LogP contribution >= 0.6 is 35.0 Å². The first kappa shape index (κ1) is 70.6. The number of aromatic nitrogens is 12. The van der Waals surface area contributed by atoms with E-state index in [1.807, 2.05) is 50.7 Å². The molecule has 3 aliphatic heterocycles. The number of aliphatic hydroxyl groups excluding tert-OH is 1. The number of nitrogens with zero attached hydrogens (tertiary/aromatic N) is 15. The number of amides is 2. The van der Waals surface area contributed by atoms with E-state index in [2.05, 4.69) is 83.7 Å². The Bertz CT molecular complexity index is 3360. The first-order valence-electron chi connectivity index (χ1n) is 29.5. The molecular weight excluding hydrogens is 1250 g/mol. The molecule has 2 saturated carbocycles. The topological polar surface area (TPSA) is 257 Å². The predicted octanol–water partition coefficient (Wildman–Crippen LogP) is 10.3. The van der Waals surface area contributed by atoms with Crippen LogP contribution in [-0.2, 0) is 36.6 Å². The molecule has 9 heterocycles. The fourth-order valence-corrected chi connectivity index (χ4v) is 11.5. The van der Waals surface area contributed by atoms with Crippen molar-refractivity contribution in [1.29, 1.82) is 0 Å². The second-order valence-electron chi connectivity index (χ2n) is 24.8. The summed E-state index contributed by atoms with van der Waals surface area (Å²) in [5.41, 5.74) is 3.28. The van der Waals surface area contributed by atoms with Gasteiger partial charge >= 0.3 is 6.09 Å². The van der Waals surface area contributed by atoms with Gasteiger partial charge in [0, 0.05) is 76.5 Å². The number of imidazole rings is 2. The van der Waals surface area contributed by atoms with Crippen LogP contribution in [0.5, 0.6) is 5.88 Å². The third-order valence-electron chi connectivity index (χ3n) is 15.8. The number of hydrogen-bond acceptors (Lipinski definition) is 19. The second kappa shape index (κ2) is 30.0. The molecule has 2 amide bonds. The highest BCUT2D eigenvalue weighted by atomic mass is 35.5. The van der Waals surface area contributed by atoms with Crippen molar-refractivity contribution in [2.24, 2.45) is 23.7 Å². The zero-order valence-corrected chi connectivity index (χ0v) is 55.6. The zero-order valence-electron chi connectivity index (χ0n) is 52.4. The van der Waals surface area contributed by atoms with Gasteiger partial charge in [-0.25, -0.2) is 71.6 Å². The van der Waals surface area contributed by atoms with Crippen molar-refractivity contribution in [3.8, 4) is 28.7 Å². The lowest BCUT2D eigenvalue weighted by Gasteiger charge is -2.39. The number of β-amino-alcohol motifs (C(OH)–C–C–N with tert-alkyl or cyclic N) is 1. The van der Waals surface area contributed by atoms with E-state index in [4.69, 9.17) is 58.7 Å². The van der Waals surface area contributed by atoms with Gasteiger partial charge in [-0.05, 0) is 116 Å². The standard InChI is InChI=1S/C21H23F2N7O2.C16H33NO4Si.C12H11ClN6.C5H8ClF2NO.C4H5ClO/c1-3-30-18(13-6-24-11(2)25-7-13)28-16-19(30)26-10-27-20(16)32-15-9-29(8-14(15)17(22)23)21(31)12-4-5-12;1-15(2,3)20-14(18)17-10-12(19-7)13(11-17)21-22(8,9)16(4,5)6;1-3-19-11(8-4-14-7(2)15-5-8)18-9-10(13)16-6-17-12(9)19;6-9-1-3(5(7)8)4(10)2-9;5-4(6)3-1-2-3/h6-7,10,12,14-15,17H,3-5,8-9H2,1-2H3;12-13H,10-11H2,1-9H3;4-6H,3H2,1-2H3;3-5,10H,1-2H2;3H,1-2H2. The van der Waals surface area contributed by atoms with E-state index in [0.717, 1.165) is 55.1 Å². The molecule has 6 aromatic heterocycles. The van der Waals surface area contributed by atoms with E-state index in [9.17, 15) is 31.9 Å². The molecule has 5 fully saturated rings. The highest BCUT2D eigenvalue weighted by Crippen LogP contribution is 2.40. The number of fused-ring (bicyclic) bond motifs is 2. The van der Waals surface area contributed by atoms with Gasteiger partial charge in [-0.2, -0.15) is 4.98 Å². The number of hydrogen-bond donors (Lipinski definition) is 1. The Morgan fingerprint density at radius 1 is 0.674 bits per heavy atom. The average molecular weight is 1330 g/mol. The number of halogens is 7. The quantitative estimate of drug-likeness (QED) is 0.0371. The Morgan fingerprint density at radius 3 is 1.60 bits per heavy atom. The molecule has 23 nitrogen and oxygen atoms in total. The molecule has 0 bridgehead atoms. The fraction of sp³-hybridized carbons (Fsp3) is 0.638. The maximum atomic E-state index is 13.8. The van der Waals surface area contributed by atoms with Crippen molar-refractivity contribution in [2.75, 3.05) is 46.4 Å². The zero-order chi connectivity index (χ0) is 65.4. The van der Waals surface area contributed by atoms with Crippen LogP contribution in [0.15, 0.2) is 37.4 Å². The lowest BCUT2D eigenvalue weighted by Crippen LogP contribution is -2.47. The Morgan fingerprint density at radius 2 is 1.17 bits per heavy atom. The summed E-state index contributed by atoms with van der Waals surface area (Å²) in [5.74, 6) is 0.916. The molecule has 0 radical (unpaired) electrons. The molecule has 2 aliphatic carbocycles. The van der Waals surface area contributed by atoms with Crippen LogP contribution in [0.4, 0.5) is 22.4 Å². The van der Waals surface area contributed by atoms with Crippen LogP contribution in [-0.4, -0.2) is 193 Å². The molecule has 6 unspecified atom stereocenters. The smallest absolute Gasteiger partial charge is 0.410 e. The molecule has 1 N–H and O–H groups in total. The highest BCUT2D eigenvalue weighted by Gasteiger charge is 2.47. The van der Waals surface area contributed by atoms with Gasteiger partial charge in [0.05, 0.1) is 54.8 Å². The first-order chi connectivity index (χ1) is 41.8. The van der Waals surface area contributed by atoms with Crippen LogP contribution in [0.2, 0.25) is 23.3 Å². The fourth-order valence-electron chi connectivity index (χ4n) is 9.48. The number of aryl methyl sites for hydroxylation is 4. The summed E-state index contributed by atoms with van der Waals surface area (Å²) in [6.07, 6.45) is 5.90. The summed E-state index contributed by atoms with van der Waals surface area (Å²) in [4.78, 5) is 80.5. The van der Waals surface area contributed by atoms with Gasteiger partial charge in [0.25, 0.3) is 0 Å². The highest BCUT2D eigenvalue weighted by molar-refractivity contribution is 6.74. The third-order valence-corrected chi connectivity index (χ3v) is 21.1. The molecule has 6 aromatic rings. The van der Waals surface area contributed by atoms with Crippen LogP contribution < -0.4 is 4.74 Å². The van der Waals surface area contributed by atoms with Crippen molar-refractivity contribution in [3.63, 3.8) is 0 Å². The molecule has 0 spiro atoms. The van der Waals surface area contributed by atoms with Gasteiger partial charge in [-0.1, -0.05) is 32.4 Å². The van der Waals surface area contributed by atoms with Crippen LogP contribution in [0.25, 0.3) is 45.1 Å². The lowest BCUT2D eigenvalue weighted by molar-refractivity contribution is -0.132. The van der Waals surface area contributed by atoms with Gasteiger partial charge < -0.3 is 42.7 Å². The summed E-state index contributed by atoms with van der Waals surface area (Å²) in [6, 6.07) is 0. The molecule has 5 aliphatic rings. The number of alkyl halides is 4. The van der Waals surface area contributed by atoms with E-state index in [-0.39, 0.29) is 78.4 Å². The Balaban J connectivity index is 0.000000173. The summed E-state index contributed by atoms with van der Waals surface area (Å²) >= 11 is 16.5. The molecule has 0 aromatic carbocycles. The number of likely N-dealkylation sites (tertiary alicyclic amines) is 2. The summed E-state index contributed by atoms with van der Waals surface area (Å²) in [6.45, 7) is 27.0. The number of rotatable bonds is 13. The Hall–Kier alpha value is -5.88. The molecule has 488 valence electrons. The van der Waals surface area contributed by atoms with Gasteiger partial charge in [0.1, 0.15) is 59.3 Å². The molecule has 6 atom stereocenters. The molecular formula is C58H80Cl3F4N15O8Si. The minimum Gasteiger partial charge on any atom is -0.470 e. The minimum absolute atomic E-state index is 0.0126. The van der Waals surface area contributed by atoms with Gasteiger partial charge in [0.15, 0.2) is 30.3 Å². The summed E-state index contributed by atoms with van der Waals surface area (Å²) < 4.78 is 79.8. The van der Waals surface area contributed by atoms with Crippen LogP contribution in [0, 0.1) is 37.5 Å².